The standard InChI is InChI=1S/C6H11NO/c1-4-7-5(2)6(3)8/h4H2,1-3H3. The second-order valence-electron chi connectivity index (χ2n) is 1.62. The molecule has 0 aromatic rings. The summed E-state index contributed by atoms with van der Waals surface area (Å²) in [5.41, 5.74) is 0.618. The zero-order valence-corrected chi connectivity index (χ0v) is 5.56. The number of ketones is 1. The highest BCUT2D eigenvalue weighted by atomic mass is 16.1. The molecule has 0 aromatic carbocycles. The first kappa shape index (κ1) is 7.34. The minimum absolute atomic E-state index is 0.0619. The highest BCUT2D eigenvalue weighted by Gasteiger charge is 1.93. The fourth-order valence-corrected chi connectivity index (χ4v) is 0.349. The number of carbonyl (C=O) groups is 1. The van der Waals surface area contributed by atoms with Gasteiger partial charge in [0.2, 0.25) is 0 Å². The van der Waals surface area contributed by atoms with Crippen molar-refractivity contribution in [2.24, 2.45) is 4.99 Å². The summed E-state index contributed by atoms with van der Waals surface area (Å²) in [5.74, 6) is 0.0619. The molecule has 0 fully saturated rings. The number of nitrogens with zero attached hydrogens (tertiary/aromatic N) is 1. The van der Waals surface area contributed by atoms with Crippen LogP contribution in [0.3, 0.4) is 0 Å². The average Bonchev–Trinajstić information content (AvgIpc) is 1.67. The maximum Gasteiger partial charge on any atom is 0.173 e. The molecule has 0 N–H and O–H groups in total. The molecule has 0 aliphatic carbocycles. The molecule has 0 amide bonds. The number of hydrogen-bond donors (Lipinski definition) is 0. The van der Waals surface area contributed by atoms with Gasteiger partial charge in [-0.3, -0.25) is 9.79 Å². The van der Waals surface area contributed by atoms with Crippen molar-refractivity contribution in [3.63, 3.8) is 0 Å². The van der Waals surface area contributed by atoms with E-state index < -0.39 is 0 Å². The van der Waals surface area contributed by atoms with Crippen LogP contribution < -0.4 is 0 Å². The minimum atomic E-state index is 0.0619. The van der Waals surface area contributed by atoms with Gasteiger partial charge in [-0.05, 0) is 13.8 Å². The summed E-state index contributed by atoms with van der Waals surface area (Å²) in [6, 6.07) is 0. The Balaban J connectivity index is 3.80. The van der Waals surface area contributed by atoms with Crippen molar-refractivity contribution in [3.8, 4) is 0 Å². The Morgan fingerprint density at radius 2 is 2.00 bits per heavy atom. The lowest BCUT2D eigenvalue weighted by Crippen LogP contribution is -2.04. The van der Waals surface area contributed by atoms with Crippen molar-refractivity contribution in [3.05, 3.63) is 0 Å². The fraction of sp³-hybridized carbons (Fsp3) is 0.667. The second kappa shape index (κ2) is 3.36. The first-order valence-corrected chi connectivity index (χ1v) is 2.70. The van der Waals surface area contributed by atoms with Crippen molar-refractivity contribution < 1.29 is 4.79 Å². The third-order valence-electron chi connectivity index (χ3n) is 0.905. The smallest absolute Gasteiger partial charge is 0.173 e. The van der Waals surface area contributed by atoms with E-state index in [1.807, 2.05) is 6.92 Å². The van der Waals surface area contributed by atoms with Gasteiger partial charge in [0.25, 0.3) is 0 Å². The Morgan fingerprint density at radius 1 is 1.50 bits per heavy atom. The maximum absolute atomic E-state index is 10.4. The maximum atomic E-state index is 10.4. The van der Waals surface area contributed by atoms with Crippen LogP contribution in [-0.2, 0) is 4.79 Å². The fourth-order valence-electron chi connectivity index (χ4n) is 0.349. The van der Waals surface area contributed by atoms with Crippen molar-refractivity contribution in [2.75, 3.05) is 6.54 Å². The van der Waals surface area contributed by atoms with Gasteiger partial charge in [0.1, 0.15) is 0 Å². The van der Waals surface area contributed by atoms with Gasteiger partial charge in [0.05, 0.1) is 5.71 Å². The number of hydrogen-bond acceptors (Lipinski definition) is 2. The zero-order valence-electron chi connectivity index (χ0n) is 5.56. The Kier molecular flexibility index (Phi) is 3.08. The Morgan fingerprint density at radius 3 is 2.12 bits per heavy atom. The minimum Gasteiger partial charge on any atom is -0.293 e. The highest BCUT2D eigenvalue weighted by molar-refractivity contribution is 6.37. The van der Waals surface area contributed by atoms with Crippen LogP contribution in [0.5, 0.6) is 0 Å². The normalized spacial score (nSPS) is 11.6. The highest BCUT2D eigenvalue weighted by Crippen LogP contribution is 1.78. The number of aliphatic imine (C=N–C) groups is 1. The summed E-state index contributed by atoms with van der Waals surface area (Å²) >= 11 is 0. The predicted octanol–water partition coefficient (Wildman–Crippen LogP) is 1.06. The molecule has 0 aliphatic rings. The topological polar surface area (TPSA) is 29.4 Å². The molecule has 0 radical (unpaired) electrons. The summed E-state index contributed by atoms with van der Waals surface area (Å²) in [5, 5.41) is 0. The van der Waals surface area contributed by atoms with Gasteiger partial charge < -0.3 is 0 Å². The van der Waals surface area contributed by atoms with E-state index in [2.05, 4.69) is 4.99 Å². The third kappa shape index (κ3) is 2.50. The lowest BCUT2D eigenvalue weighted by atomic mass is 10.3. The van der Waals surface area contributed by atoms with Crippen molar-refractivity contribution in [1.29, 1.82) is 0 Å². The molecule has 0 unspecified atom stereocenters. The Bertz CT molecular complexity index is 116. The van der Waals surface area contributed by atoms with Crippen LogP contribution in [0.1, 0.15) is 20.8 Å². The molecule has 46 valence electrons. The van der Waals surface area contributed by atoms with Gasteiger partial charge in [0, 0.05) is 13.5 Å². The van der Waals surface area contributed by atoms with E-state index in [4.69, 9.17) is 0 Å². The number of rotatable bonds is 2. The molecule has 0 saturated carbocycles. The monoisotopic (exact) mass is 113 g/mol. The predicted molar refractivity (Wildman–Crippen MR) is 34.3 cm³/mol. The summed E-state index contributed by atoms with van der Waals surface area (Å²) in [6.07, 6.45) is 0. The van der Waals surface area contributed by atoms with Gasteiger partial charge in [-0.25, -0.2) is 0 Å². The third-order valence-corrected chi connectivity index (χ3v) is 0.905. The molecule has 0 bridgehead atoms. The molecule has 0 heterocycles. The van der Waals surface area contributed by atoms with Gasteiger partial charge in [-0.2, -0.15) is 0 Å². The molecule has 0 rings (SSSR count). The SMILES string of the molecule is CCN=C(C)C(C)=O. The van der Waals surface area contributed by atoms with Gasteiger partial charge in [-0.15, -0.1) is 0 Å². The quantitative estimate of drug-likeness (QED) is 0.492. The summed E-state index contributed by atoms with van der Waals surface area (Å²) in [7, 11) is 0. The summed E-state index contributed by atoms with van der Waals surface area (Å²) < 4.78 is 0. The van der Waals surface area contributed by atoms with E-state index in [1.165, 1.54) is 6.92 Å². The van der Waals surface area contributed by atoms with Crippen molar-refractivity contribution in [2.45, 2.75) is 20.8 Å². The van der Waals surface area contributed by atoms with Crippen molar-refractivity contribution in [1.82, 2.24) is 0 Å². The molecule has 0 spiro atoms. The largest absolute Gasteiger partial charge is 0.293 e. The number of carbonyl (C=O) groups excluding carboxylic acids is 1. The van der Waals surface area contributed by atoms with E-state index in [0.29, 0.717) is 12.3 Å². The first-order chi connectivity index (χ1) is 3.68. The van der Waals surface area contributed by atoms with Crippen LogP contribution in [0.25, 0.3) is 0 Å². The first-order valence-electron chi connectivity index (χ1n) is 2.70. The molecular weight excluding hydrogens is 102 g/mol. The lowest BCUT2D eigenvalue weighted by molar-refractivity contribution is -0.111. The van der Waals surface area contributed by atoms with Crippen LogP contribution in [0.15, 0.2) is 4.99 Å². The zero-order chi connectivity index (χ0) is 6.57. The second-order valence-corrected chi connectivity index (χ2v) is 1.62. The summed E-state index contributed by atoms with van der Waals surface area (Å²) in [6.45, 7) is 5.86. The van der Waals surface area contributed by atoms with Gasteiger partial charge in [0.15, 0.2) is 5.78 Å². The van der Waals surface area contributed by atoms with Gasteiger partial charge >= 0.3 is 0 Å². The van der Waals surface area contributed by atoms with Crippen LogP contribution >= 0.6 is 0 Å². The average molecular weight is 113 g/mol. The Labute approximate surface area is 49.6 Å². The van der Waals surface area contributed by atoms with Crippen LogP contribution in [0, 0.1) is 0 Å². The molecule has 0 aliphatic heterocycles. The van der Waals surface area contributed by atoms with E-state index in [-0.39, 0.29) is 5.78 Å². The van der Waals surface area contributed by atoms with Crippen LogP contribution in [0.4, 0.5) is 0 Å². The Hall–Kier alpha value is -0.660. The van der Waals surface area contributed by atoms with Crippen LogP contribution in [-0.4, -0.2) is 18.0 Å². The molecule has 0 aromatic heterocycles. The summed E-state index contributed by atoms with van der Waals surface area (Å²) in [4.78, 5) is 14.3. The molecule has 0 atom stereocenters. The molecule has 2 nitrogen and oxygen atoms in total. The molecular formula is C6H11NO. The molecule has 8 heavy (non-hydrogen) atoms. The van der Waals surface area contributed by atoms with Crippen molar-refractivity contribution >= 4 is 11.5 Å². The van der Waals surface area contributed by atoms with E-state index in [0.717, 1.165) is 0 Å². The van der Waals surface area contributed by atoms with Crippen LogP contribution in [0.2, 0.25) is 0 Å². The molecule has 2 heteroatoms. The lowest BCUT2D eigenvalue weighted by Gasteiger charge is -1.88. The van der Waals surface area contributed by atoms with Gasteiger partial charge in [-0.1, -0.05) is 0 Å². The number of Topliss-reactive ketones (excluding diaryl/α,β-unsaturated/α-hetero) is 1. The van der Waals surface area contributed by atoms with E-state index in [9.17, 15) is 4.79 Å². The molecule has 0 saturated heterocycles. The van der Waals surface area contributed by atoms with E-state index >= 15 is 0 Å². The van der Waals surface area contributed by atoms with E-state index in [1.54, 1.807) is 6.92 Å².